The van der Waals surface area contributed by atoms with E-state index in [2.05, 4.69) is 14.3 Å². The average molecular weight is 243 g/mol. The van der Waals surface area contributed by atoms with Gasteiger partial charge < -0.3 is 14.7 Å². The molecule has 0 aromatic carbocycles. The van der Waals surface area contributed by atoms with Gasteiger partial charge in [-0.3, -0.25) is 0 Å². The Morgan fingerprint density at radius 3 is 3.19 bits per heavy atom. The van der Waals surface area contributed by atoms with Gasteiger partial charge in [0, 0.05) is 50.7 Å². The predicted molar refractivity (Wildman–Crippen MR) is 62.9 cm³/mol. The Hall–Kier alpha value is -0.720. The van der Waals surface area contributed by atoms with E-state index >= 15 is 0 Å². The summed E-state index contributed by atoms with van der Waals surface area (Å²) in [5.74, 6) is 1.25. The monoisotopic (exact) mass is 243 g/mol. The largest absolute Gasteiger partial charge is 0.396 e. The second-order valence-electron chi connectivity index (χ2n) is 4.02. The zero-order chi connectivity index (χ0) is 11.4. The molecule has 16 heavy (non-hydrogen) atoms. The van der Waals surface area contributed by atoms with Crippen molar-refractivity contribution in [3.63, 3.8) is 0 Å². The zero-order valence-electron chi connectivity index (χ0n) is 9.43. The van der Waals surface area contributed by atoms with Crippen LogP contribution in [0.4, 0.5) is 5.13 Å². The number of aliphatic hydroxyl groups excluding tert-OH is 1. The molecule has 2 heterocycles. The van der Waals surface area contributed by atoms with Crippen molar-refractivity contribution in [3.05, 3.63) is 5.82 Å². The molecule has 1 N–H and O–H groups in total. The van der Waals surface area contributed by atoms with Gasteiger partial charge in [0.2, 0.25) is 5.13 Å². The van der Waals surface area contributed by atoms with Crippen LogP contribution in [0.2, 0.25) is 0 Å². The number of hydrogen-bond donors (Lipinski definition) is 1. The lowest BCUT2D eigenvalue weighted by molar-refractivity contribution is 0.201. The van der Waals surface area contributed by atoms with E-state index in [9.17, 15) is 0 Å². The van der Waals surface area contributed by atoms with Crippen molar-refractivity contribution >= 4 is 16.7 Å². The maximum Gasteiger partial charge on any atom is 0.205 e. The van der Waals surface area contributed by atoms with E-state index in [0.29, 0.717) is 12.5 Å². The summed E-state index contributed by atoms with van der Waals surface area (Å²) < 4.78 is 9.29. The molecule has 6 heteroatoms. The third-order valence-electron chi connectivity index (χ3n) is 2.80. The molecule has 0 saturated carbocycles. The third kappa shape index (κ3) is 2.69. The fourth-order valence-electron chi connectivity index (χ4n) is 1.82. The molecule has 1 atom stereocenters. The predicted octanol–water partition coefficient (Wildman–Crippen LogP) is 0.546. The zero-order valence-corrected chi connectivity index (χ0v) is 10.2. The Kier molecular flexibility index (Phi) is 4.09. The van der Waals surface area contributed by atoms with Gasteiger partial charge in [0.05, 0.1) is 6.61 Å². The first-order valence-corrected chi connectivity index (χ1v) is 6.28. The molecule has 90 valence electrons. The molecule has 0 aliphatic carbocycles. The van der Waals surface area contributed by atoms with Crippen molar-refractivity contribution in [2.75, 3.05) is 38.3 Å². The summed E-state index contributed by atoms with van der Waals surface area (Å²) in [6, 6.07) is 0. The molecule has 1 fully saturated rings. The Bertz CT molecular complexity index is 332. The van der Waals surface area contributed by atoms with E-state index in [1.54, 1.807) is 7.11 Å². The minimum Gasteiger partial charge on any atom is -0.396 e. The topological polar surface area (TPSA) is 58.5 Å². The summed E-state index contributed by atoms with van der Waals surface area (Å²) in [7, 11) is 1.68. The van der Waals surface area contributed by atoms with Gasteiger partial charge in [-0.1, -0.05) is 0 Å². The number of ether oxygens (including phenoxy) is 1. The highest BCUT2D eigenvalue weighted by Gasteiger charge is 2.24. The highest BCUT2D eigenvalue weighted by atomic mass is 32.1. The first-order chi connectivity index (χ1) is 7.83. The number of methoxy groups -OCH3 is 1. The van der Waals surface area contributed by atoms with Gasteiger partial charge in [0.25, 0.3) is 0 Å². The third-order valence-corrected chi connectivity index (χ3v) is 3.62. The number of anilines is 1. The molecule has 1 aromatic rings. The number of aliphatic hydroxyl groups is 1. The Morgan fingerprint density at radius 2 is 2.50 bits per heavy atom. The molecular weight excluding hydrogens is 226 g/mol. The van der Waals surface area contributed by atoms with Crippen LogP contribution in [0.15, 0.2) is 0 Å². The Balaban J connectivity index is 1.92. The molecule has 1 aromatic heterocycles. The van der Waals surface area contributed by atoms with E-state index in [0.717, 1.165) is 36.9 Å². The van der Waals surface area contributed by atoms with Gasteiger partial charge in [0.1, 0.15) is 5.82 Å². The lowest BCUT2D eigenvalue weighted by atomic mass is 10.1. The van der Waals surface area contributed by atoms with Gasteiger partial charge in [0.15, 0.2) is 0 Å². The molecular formula is C10H17N3O2S. The molecule has 0 radical (unpaired) electrons. The summed E-state index contributed by atoms with van der Waals surface area (Å²) in [5.41, 5.74) is 0. The Morgan fingerprint density at radius 1 is 1.62 bits per heavy atom. The quantitative estimate of drug-likeness (QED) is 0.818. The van der Waals surface area contributed by atoms with Crippen LogP contribution in [0.3, 0.4) is 0 Å². The molecule has 1 aliphatic heterocycles. The number of rotatable bonds is 5. The summed E-state index contributed by atoms with van der Waals surface area (Å²) >= 11 is 1.44. The molecule has 1 saturated heterocycles. The van der Waals surface area contributed by atoms with Crippen LogP contribution in [0.1, 0.15) is 12.2 Å². The van der Waals surface area contributed by atoms with Crippen LogP contribution in [0, 0.1) is 5.92 Å². The summed E-state index contributed by atoms with van der Waals surface area (Å²) in [6.45, 7) is 2.81. The molecule has 0 amide bonds. The van der Waals surface area contributed by atoms with Crippen LogP contribution in [0.25, 0.3) is 0 Å². The van der Waals surface area contributed by atoms with E-state index in [1.165, 1.54) is 11.5 Å². The van der Waals surface area contributed by atoms with Gasteiger partial charge in [-0.05, 0) is 6.42 Å². The Labute approximate surface area is 99.2 Å². The van der Waals surface area contributed by atoms with E-state index < -0.39 is 0 Å². The second kappa shape index (κ2) is 5.56. The van der Waals surface area contributed by atoms with E-state index in [4.69, 9.17) is 9.84 Å². The normalized spacial score (nSPS) is 20.6. The average Bonchev–Trinajstić information content (AvgIpc) is 2.94. The second-order valence-corrected chi connectivity index (χ2v) is 4.75. The SMILES string of the molecule is COCCc1nsc(N2CCC(CO)C2)n1. The number of nitrogens with zero attached hydrogens (tertiary/aromatic N) is 3. The van der Waals surface area contributed by atoms with Gasteiger partial charge in [-0.15, -0.1) is 0 Å². The van der Waals surface area contributed by atoms with Crippen LogP contribution in [0.5, 0.6) is 0 Å². The van der Waals surface area contributed by atoms with Crippen molar-refractivity contribution < 1.29 is 9.84 Å². The highest BCUT2D eigenvalue weighted by molar-refractivity contribution is 7.09. The molecule has 0 bridgehead atoms. The fourth-order valence-corrected chi connectivity index (χ4v) is 2.57. The maximum atomic E-state index is 9.08. The standard InChI is InChI=1S/C10H17N3O2S/c1-15-5-3-9-11-10(16-12-9)13-4-2-8(6-13)7-14/h8,14H,2-7H2,1H3. The van der Waals surface area contributed by atoms with Crippen LogP contribution in [-0.2, 0) is 11.2 Å². The smallest absolute Gasteiger partial charge is 0.205 e. The first-order valence-electron chi connectivity index (χ1n) is 5.51. The summed E-state index contributed by atoms with van der Waals surface area (Å²) in [4.78, 5) is 6.67. The van der Waals surface area contributed by atoms with Crippen LogP contribution < -0.4 is 4.90 Å². The first kappa shape index (κ1) is 11.8. The lowest BCUT2D eigenvalue weighted by Crippen LogP contribution is -2.20. The van der Waals surface area contributed by atoms with Crippen molar-refractivity contribution in [2.24, 2.45) is 5.92 Å². The van der Waals surface area contributed by atoms with Gasteiger partial charge in [-0.25, -0.2) is 4.98 Å². The van der Waals surface area contributed by atoms with Gasteiger partial charge >= 0.3 is 0 Å². The fraction of sp³-hybridized carbons (Fsp3) is 0.800. The van der Waals surface area contributed by atoms with Gasteiger partial charge in [-0.2, -0.15) is 4.37 Å². The van der Waals surface area contributed by atoms with Crippen LogP contribution >= 0.6 is 11.5 Å². The van der Waals surface area contributed by atoms with Crippen molar-refractivity contribution in [1.82, 2.24) is 9.36 Å². The lowest BCUT2D eigenvalue weighted by Gasteiger charge is -2.12. The van der Waals surface area contributed by atoms with Crippen molar-refractivity contribution in [3.8, 4) is 0 Å². The molecule has 2 rings (SSSR count). The molecule has 1 unspecified atom stereocenters. The molecule has 1 aliphatic rings. The number of aromatic nitrogens is 2. The summed E-state index contributed by atoms with van der Waals surface area (Å²) in [6.07, 6.45) is 1.81. The van der Waals surface area contributed by atoms with Crippen molar-refractivity contribution in [2.45, 2.75) is 12.8 Å². The minimum absolute atomic E-state index is 0.270. The maximum absolute atomic E-state index is 9.08. The van der Waals surface area contributed by atoms with Crippen molar-refractivity contribution in [1.29, 1.82) is 0 Å². The minimum atomic E-state index is 0.270. The molecule has 5 nitrogen and oxygen atoms in total. The van der Waals surface area contributed by atoms with E-state index in [-0.39, 0.29) is 6.61 Å². The van der Waals surface area contributed by atoms with Crippen LogP contribution in [-0.4, -0.2) is 47.9 Å². The molecule has 0 spiro atoms. The number of hydrogen-bond acceptors (Lipinski definition) is 6. The highest BCUT2D eigenvalue weighted by Crippen LogP contribution is 2.25. The summed E-state index contributed by atoms with van der Waals surface area (Å²) in [5, 5.41) is 10.1. The van der Waals surface area contributed by atoms with E-state index in [1.807, 2.05) is 0 Å².